The van der Waals surface area contributed by atoms with Crippen molar-refractivity contribution in [2.75, 3.05) is 19.6 Å². The van der Waals surface area contributed by atoms with Crippen molar-refractivity contribution in [2.45, 2.75) is 45.1 Å². The van der Waals surface area contributed by atoms with Crippen LogP contribution in [-0.4, -0.2) is 35.6 Å². The molecule has 1 aliphatic carbocycles. The third-order valence-electron chi connectivity index (χ3n) is 3.74. The first kappa shape index (κ1) is 14.5. The van der Waals surface area contributed by atoms with Crippen LogP contribution in [0.3, 0.4) is 0 Å². The zero-order chi connectivity index (χ0) is 13.5. The minimum atomic E-state index is 0.631. The van der Waals surface area contributed by atoms with E-state index in [1.54, 1.807) is 11.3 Å². The van der Waals surface area contributed by atoms with E-state index in [-0.39, 0.29) is 0 Å². The molecule has 0 fully saturated rings. The molecule has 0 amide bonds. The maximum atomic E-state index is 5.59. The molecule has 1 heterocycles. The number of aryl methyl sites for hydroxylation is 1. The molecule has 0 saturated carbocycles. The molecule has 2 N–H and O–H groups in total. The molecule has 19 heavy (non-hydrogen) atoms. The summed E-state index contributed by atoms with van der Waals surface area (Å²) in [4.78, 5) is 8.46. The van der Waals surface area contributed by atoms with Crippen molar-refractivity contribution in [3.63, 3.8) is 0 Å². The van der Waals surface area contributed by atoms with Crippen LogP contribution < -0.4 is 5.73 Å². The molecule has 2 rings (SSSR count). The highest BCUT2D eigenvalue weighted by Gasteiger charge is 2.25. The molecular formula is C15H23N3S. The third kappa shape index (κ3) is 4.04. The van der Waals surface area contributed by atoms with Crippen molar-refractivity contribution >= 4 is 11.3 Å². The van der Waals surface area contributed by atoms with Crippen LogP contribution in [0.4, 0.5) is 0 Å². The quantitative estimate of drug-likeness (QED) is 0.639. The molecule has 1 aliphatic rings. The van der Waals surface area contributed by atoms with E-state index in [2.05, 4.69) is 21.7 Å². The number of hydrogen-bond donors (Lipinski definition) is 1. The summed E-state index contributed by atoms with van der Waals surface area (Å²) in [7, 11) is 0. The smallest absolute Gasteiger partial charge is 0.0797 e. The van der Waals surface area contributed by atoms with Crippen LogP contribution in [-0.2, 0) is 12.8 Å². The van der Waals surface area contributed by atoms with Crippen LogP contribution in [0.2, 0.25) is 0 Å². The molecule has 1 unspecified atom stereocenters. The number of hydrogen-bond acceptors (Lipinski definition) is 4. The lowest BCUT2D eigenvalue weighted by atomic mass is 9.96. The second-order valence-electron chi connectivity index (χ2n) is 5.01. The number of nitrogens with zero attached hydrogens (tertiary/aromatic N) is 2. The Labute approximate surface area is 120 Å². The van der Waals surface area contributed by atoms with E-state index in [9.17, 15) is 0 Å². The van der Waals surface area contributed by atoms with E-state index < -0.39 is 0 Å². The van der Waals surface area contributed by atoms with Gasteiger partial charge in [-0.05, 0) is 52.1 Å². The molecule has 1 aromatic heterocycles. The van der Waals surface area contributed by atoms with E-state index >= 15 is 0 Å². The summed E-state index contributed by atoms with van der Waals surface area (Å²) in [6.07, 6.45) is 5.76. The summed E-state index contributed by atoms with van der Waals surface area (Å²) < 4.78 is 0. The lowest BCUT2D eigenvalue weighted by Gasteiger charge is -2.32. The normalized spacial score (nSPS) is 17.9. The van der Waals surface area contributed by atoms with Gasteiger partial charge < -0.3 is 5.73 Å². The Kier molecular flexibility index (Phi) is 5.84. The van der Waals surface area contributed by atoms with Crippen LogP contribution in [0.15, 0.2) is 5.51 Å². The Morgan fingerprint density at radius 3 is 3.21 bits per heavy atom. The zero-order valence-corrected chi connectivity index (χ0v) is 12.5. The largest absolute Gasteiger partial charge is 0.330 e. The highest BCUT2D eigenvalue weighted by Crippen LogP contribution is 2.26. The van der Waals surface area contributed by atoms with Gasteiger partial charge in [0.05, 0.1) is 17.7 Å². The second kappa shape index (κ2) is 7.64. The summed E-state index contributed by atoms with van der Waals surface area (Å²) in [5.41, 5.74) is 8.90. The van der Waals surface area contributed by atoms with E-state index in [4.69, 9.17) is 5.73 Å². The molecular weight excluding hydrogens is 254 g/mol. The van der Waals surface area contributed by atoms with Crippen LogP contribution in [0.25, 0.3) is 0 Å². The molecule has 104 valence electrons. The summed E-state index contributed by atoms with van der Waals surface area (Å²) >= 11 is 1.80. The molecule has 0 aliphatic heterocycles. The van der Waals surface area contributed by atoms with E-state index in [0.717, 1.165) is 38.9 Å². The number of thiazole rings is 1. The average molecular weight is 277 g/mol. The SMILES string of the molecule is CC#CCN(CCCCN)C1CCc2ncsc2C1. The molecule has 4 heteroatoms. The van der Waals surface area contributed by atoms with Crippen LogP contribution in [0, 0.1) is 11.8 Å². The van der Waals surface area contributed by atoms with Gasteiger partial charge in [0.25, 0.3) is 0 Å². The fourth-order valence-corrected chi connectivity index (χ4v) is 3.51. The molecule has 0 spiro atoms. The fourth-order valence-electron chi connectivity index (χ4n) is 2.63. The molecule has 0 bridgehead atoms. The van der Waals surface area contributed by atoms with E-state index in [1.807, 2.05) is 12.4 Å². The Balaban J connectivity index is 1.95. The summed E-state index contributed by atoms with van der Waals surface area (Å²) in [5.74, 6) is 6.24. The lowest BCUT2D eigenvalue weighted by Crippen LogP contribution is -2.40. The lowest BCUT2D eigenvalue weighted by molar-refractivity contribution is 0.199. The second-order valence-corrected chi connectivity index (χ2v) is 5.95. The van der Waals surface area contributed by atoms with Gasteiger partial charge in [-0.25, -0.2) is 4.98 Å². The number of fused-ring (bicyclic) bond motifs is 1. The molecule has 0 saturated heterocycles. The molecule has 0 radical (unpaired) electrons. The highest BCUT2D eigenvalue weighted by atomic mass is 32.1. The Hall–Kier alpha value is -0.890. The van der Waals surface area contributed by atoms with Crippen molar-refractivity contribution in [1.29, 1.82) is 0 Å². The van der Waals surface area contributed by atoms with Crippen molar-refractivity contribution in [2.24, 2.45) is 5.73 Å². The molecule has 3 nitrogen and oxygen atoms in total. The monoisotopic (exact) mass is 277 g/mol. The van der Waals surface area contributed by atoms with Crippen molar-refractivity contribution in [3.8, 4) is 11.8 Å². The van der Waals surface area contributed by atoms with Crippen molar-refractivity contribution < 1.29 is 0 Å². The minimum Gasteiger partial charge on any atom is -0.330 e. The summed E-state index contributed by atoms with van der Waals surface area (Å²) in [6, 6.07) is 0.631. The van der Waals surface area contributed by atoms with Gasteiger partial charge in [-0.3, -0.25) is 4.90 Å². The third-order valence-corrected chi connectivity index (χ3v) is 4.63. The number of aromatic nitrogens is 1. The van der Waals surface area contributed by atoms with Gasteiger partial charge in [-0.2, -0.15) is 0 Å². The first-order valence-corrected chi connectivity index (χ1v) is 7.98. The van der Waals surface area contributed by atoms with Crippen molar-refractivity contribution in [3.05, 3.63) is 16.1 Å². The van der Waals surface area contributed by atoms with E-state index in [0.29, 0.717) is 6.04 Å². The predicted molar refractivity (Wildman–Crippen MR) is 81.2 cm³/mol. The average Bonchev–Trinajstić information content (AvgIpc) is 2.90. The Bertz CT molecular complexity index is 444. The summed E-state index contributed by atoms with van der Waals surface area (Å²) in [6.45, 7) is 4.71. The Morgan fingerprint density at radius 1 is 1.53 bits per heavy atom. The predicted octanol–water partition coefficient (Wildman–Crippen LogP) is 2.06. The first-order chi connectivity index (χ1) is 9.35. The zero-order valence-electron chi connectivity index (χ0n) is 11.7. The van der Waals surface area contributed by atoms with Gasteiger partial charge in [0, 0.05) is 10.9 Å². The topological polar surface area (TPSA) is 42.1 Å². The maximum absolute atomic E-state index is 5.59. The number of unbranched alkanes of at least 4 members (excludes halogenated alkanes) is 1. The standard InChI is InChI=1S/C15H23N3S/c1-2-3-9-18(10-5-4-8-16)13-6-7-14-15(11-13)19-12-17-14/h12-13H,4-11,16H2,1H3. The van der Waals surface area contributed by atoms with Gasteiger partial charge >= 0.3 is 0 Å². The Morgan fingerprint density at radius 2 is 2.42 bits per heavy atom. The van der Waals surface area contributed by atoms with Crippen LogP contribution in [0.1, 0.15) is 36.8 Å². The van der Waals surface area contributed by atoms with Gasteiger partial charge in [-0.15, -0.1) is 17.3 Å². The maximum Gasteiger partial charge on any atom is 0.0797 e. The van der Waals surface area contributed by atoms with Gasteiger partial charge in [0.15, 0.2) is 0 Å². The molecule has 1 aromatic rings. The fraction of sp³-hybridized carbons (Fsp3) is 0.667. The first-order valence-electron chi connectivity index (χ1n) is 7.10. The highest BCUT2D eigenvalue weighted by molar-refractivity contribution is 7.09. The van der Waals surface area contributed by atoms with E-state index in [1.165, 1.54) is 23.4 Å². The molecule has 0 aromatic carbocycles. The number of rotatable bonds is 6. The van der Waals surface area contributed by atoms with Gasteiger partial charge in [0.1, 0.15) is 0 Å². The van der Waals surface area contributed by atoms with Crippen molar-refractivity contribution in [1.82, 2.24) is 9.88 Å². The summed E-state index contributed by atoms with van der Waals surface area (Å²) in [5, 5.41) is 0. The number of nitrogens with two attached hydrogens (primary N) is 1. The minimum absolute atomic E-state index is 0.631. The molecule has 1 atom stereocenters. The van der Waals surface area contributed by atoms with Gasteiger partial charge in [-0.1, -0.05) is 5.92 Å². The van der Waals surface area contributed by atoms with Gasteiger partial charge in [0.2, 0.25) is 0 Å². The van der Waals surface area contributed by atoms with Crippen LogP contribution >= 0.6 is 11.3 Å². The van der Waals surface area contributed by atoms with Crippen LogP contribution in [0.5, 0.6) is 0 Å².